The molecule has 1 N–H and O–H groups in total. The lowest BCUT2D eigenvalue weighted by Gasteiger charge is -2.51. The average Bonchev–Trinajstić information content (AvgIpc) is 3.01. The Morgan fingerprint density at radius 2 is 2.10 bits per heavy atom. The van der Waals surface area contributed by atoms with Crippen molar-refractivity contribution in [3.05, 3.63) is 16.1 Å². The molecule has 0 aromatic carbocycles. The molecule has 1 atom stereocenters. The van der Waals surface area contributed by atoms with Crippen LogP contribution in [0.25, 0.3) is 0 Å². The van der Waals surface area contributed by atoms with Crippen molar-refractivity contribution in [3.63, 3.8) is 0 Å². The summed E-state index contributed by atoms with van der Waals surface area (Å²) in [6, 6.07) is 0.574. The van der Waals surface area contributed by atoms with Crippen LogP contribution in [0.2, 0.25) is 0 Å². The monoisotopic (exact) mass is 307 g/mol. The van der Waals surface area contributed by atoms with Crippen molar-refractivity contribution < 1.29 is 0 Å². The summed E-state index contributed by atoms with van der Waals surface area (Å²) in [4.78, 5) is 7.46. The first-order valence-corrected chi connectivity index (χ1v) is 9.16. The number of hydrogen-bond donors (Lipinski definition) is 1. The van der Waals surface area contributed by atoms with Gasteiger partial charge in [-0.05, 0) is 25.2 Å². The van der Waals surface area contributed by atoms with Crippen molar-refractivity contribution in [1.82, 2.24) is 15.2 Å². The van der Waals surface area contributed by atoms with Gasteiger partial charge in [0.1, 0.15) is 5.01 Å². The van der Waals surface area contributed by atoms with E-state index >= 15 is 0 Å². The van der Waals surface area contributed by atoms with Crippen LogP contribution in [0, 0.1) is 12.3 Å². The van der Waals surface area contributed by atoms with Gasteiger partial charge in [-0.2, -0.15) is 0 Å². The molecule has 1 aromatic heterocycles. The Bertz CT molecular complexity index is 482. The zero-order valence-electron chi connectivity index (χ0n) is 13.9. The molecule has 0 amide bonds. The maximum absolute atomic E-state index is 4.70. The molecular formula is C17H29N3S. The zero-order valence-corrected chi connectivity index (χ0v) is 14.7. The summed E-state index contributed by atoms with van der Waals surface area (Å²) in [6.45, 7) is 12.5. The van der Waals surface area contributed by atoms with Gasteiger partial charge in [-0.1, -0.05) is 33.6 Å². The van der Waals surface area contributed by atoms with E-state index in [0.29, 0.717) is 17.0 Å². The number of piperazine rings is 1. The van der Waals surface area contributed by atoms with Crippen LogP contribution in [0.5, 0.6) is 0 Å². The summed E-state index contributed by atoms with van der Waals surface area (Å²) in [6.07, 6.45) is 5.47. The average molecular weight is 308 g/mol. The third-order valence-electron chi connectivity index (χ3n) is 5.32. The van der Waals surface area contributed by atoms with Crippen molar-refractivity contribution >= 4 is 11.3 Å². The summed E-state index contributed by atoms with van der Waals surface area (Å²) in [5.74, 6) is 0. The van der Waals surface area contributed by atoms with E-state index in [1.165, 1.54) is 30.7 Å². The molecule has 1 saturated carbocycles. The number of aryl methyl sites for hydroxylation is 1. The molecule has 3 rings (SSSR count). The fraction of sp³-hybridized carbons (Fsp3) is 0.824. The minimum absolute atomic E-state index is 0.317. The van der Waals surface area contributed by atoms with E-state index in [4.69, 9.17) is 4.98 Å². The largest absolute Gasteiger partial charge is 0.310 e. The van der Waals surface area contributed by atoms with Gasteiger partial charge in [0.25, 0.3) is 0 Å². The van der Waals surface area contributed by atoms with Crippen LogP contribution in [0.3, 0.4) is 0 Å². The van der Waals surface area contributed by atoms with Crippen molar-refractivity contribution in [1.29, 1.82) is 0 Å². The Kier molecular flexibility index (Phi) is 4.15. The summed E-state index contributed by atoms with van der Waals surface area (Å²) in [7, 11) is 0. The van der Waals surface area contributed by atoms with Gasteiger partial charge in [0.05, 0.1) is 6.54 Å². The number of nitrogens with one attached hydrogen (secondary N) is 1. The molecule has 21 heavy (non-hydrogen) atoms. The number of aromatic nitrogens is 1. The normalized spacial score (nSPS) is 26.6. The van der Waals surface area contributed by atoms with E-state index in [2.05, 4.69) is 43.3 Å². The predicted octanol–water partition coefficient (Wildman–Crippen LogP) is 3.58. The highest BCUT2D eigenvalue weighted by Gasteiger charge is 2.45. The molecule has 1 aliphatic heterocycles. The highest BCUT2D eigenvalue weighted by atomic mass is 32.1. The van der Waals surface area contributed by atoms with Crippen LogP contribution in [-0.2, 0) is 6.54 Å². The third-order valence-corrected chi connectivity index (χ3v) is 6.28. The predicted molar refractivity (Wildman–Crippen MR) is 89.7 cm³/mol. The lowest BCUT2D eigenvalue weighted by molar-refractivity contribution is 0.0107. The minimum atomic E-state index is 0.317. The van der Waals surface area contributed by atoms with Gasteiger partial charge in [-0.25, -0.2) is 4.98 Å². The molecule has 1 saturated heterocycles. The maximum Gasteiger partial charge on any atom is 0.107 e. The van der Waals surface area contributed by atoms with Crippen LogP contribution in [-0.4, -0.2) is 34.6 Å². The van der Waals surface area contributed by atoms with Crippen LogP contribution in [0.4, 0.5) is 0 Å². The van der Waals surface area contributed by atoms with E-state index in [1.807, 2.05) is 11.3 Å². The smallest absolute Gasteiger partial charge is 0.107 e. The zero-order chi connectivity index (χ0) is 15.1. The Morgan fingerprint density at radius 3 is 2.67 bits per heavy atom. The van der Waals surface area contributed by atoms with Crippen LogP contribution in [0.1, 0.15) is 57.2 Å². The van der Waals surface area contributed by atoms with Crippen molar-refractivity contribution in [2.75, 3.05) is 13.1 Å². The van der Waals surface area contributed by atoms with Gasteiger partial charge >= 0.3 is 0 Å². The Hall–Kier alpha value is -0.450. The van der Waals surface area contributed by atoms with Crippen LogP contribution < -0.4 is 5.32 Å². The van der Waals surface area contributed by atoms with Gasteiger partial charge in [-0.15, -0.1) is 11.3 Å². The summed E-state index contributed by atoms with van der Waals surface area (Å²) < 4.78 is 0. The molecule has 2 fully saturated rings. The second-order valence-electron chi connectivity index (χ2n) is 7.99. The highest BCUT2D eigenvalue weighted by Crippen LogP contribution is 2.39. The first-order valence-electron chi connectivity index (χ1n) is 8.29. The van der Waals surface area contributed by atoms with E-state index < -0.39 is 0 Å². The van der Waals surface area contributed by atoms with Gasteiger partial charge in [0, 0.05) is 35.7 Å². The molecule has 0 bridgehead atoms. The highest BCUT2D eigenvalue weighted by molar-refractivity contribution is 7.09. The molecule has 2 aliphatic rings. The number of thiazole rings is 1. The molecule has 2 heterocycles. The Labute approximate surface area is 133 Å². The van der Waals surface area contributed by atoms with Gasteiger partial charge in [-0.3, -0.25) is 4.90 Å². The fourth-order valence-corrected chi connectivity index (χ4v) is 4.67. The second-order valence-corrected chi connectivity index (χ2v) is 8.94. The van der Waals surface area contributed by atoms with Crippen molar-refractivity contribution in [2.45, 2.75) is 71.5 Å². The molecule has 3 nitrogen and oxygen atoms in total. The second kappa shape index (κ2) is 5.64. The van der Waals surface area contributed by atoms with Crippen LogP contribution >= 0.6 is 11.3 Å². The Morgan fingerprint density at radius 1 is 1.38 bits per heavy atom. The van der Waals surface area contributed by atoms with E-state index in [0.717, 1.165) is 25.3 Å². The molecule has 1 unspecified atom stereocenters. The van der Waals surface area contributed by atoms with E-state index in [1.54, 1.807) is 0 Å². The number of nitrogens with zero attached hydrogens (tertiary/aromatic N) is 2. The summed E-state index contributed by atoms with van der Waals surface area (Å²) >= 11 is 1.82. The molecular weight excluding hydrogens is 278 g/mol. The summed E-state index contributed by atoms with van der Waals surface area (Å²) in [5.41, 5.74) is 1.87. The minimum Gasteiger partial charge on any atom is -0.310 e. The number of rotatable bonds is 2. The summed E-state index contributed by atoms with van der Waals surface area (Å²) in [5, 5.41) is 7.32. The molecule has 118 valence electrons. The molecule has 1 aromatic rings. The quantitative estimate of drug-likeness (QED) is 0.905. The SMILES string of the molecule is Cc1csc(CN2CC(C(C)(C)C)NCC23CCCC3)n1. The molecule has 1 spiro atoms. The first kappa shape index (κ1) is 15.4. The third kappa shape index (κ3) is 3.17. The first-order chi connectivity index (χ1) is 9.89. The molecule has 4 heteroatoms. The van der Waals surface area contributed by atoms with Gasteiger partial charge in [0.15, 0.2) is 0 Å². The topological polar surface area (TPSA) is 28.2 Å². The maximum atomic E-state index is 4.70. The van der Waals surface area contributed by atoms with Crippen molar-refractivity contribution in [2.24, 2.45) is 5.41 Å². The van der Waals surface area contributed by atoms with Crippen molar-refractivity contribution in [3.8, 4) is 0 Å². The molecule has 1 aliphatic carbocycles. The lowest BCUT2D eigenvalue weighted by Crippen LogP contribution is -2.65. The van der Waals surface area contributed by atoms with Crippen LogP contribution in [0.15, 0.2) is 5.38 Å². The fourth-order valence-electron chi connectivity index (χ4n) is 3.88. The Balaban J connectivity index is 1.79. The number of hydrogen-bond acceptors (Lipinski definition) is 4. The van der Waals surface area contributed by atoms with E-state index in [-0.39, 0.29) is 0 Å². The van der Waals surface area contributed by atoms with Gasteiger partial charge in [0.2, 0.25) is 0 Å². The standard InChI is InChI=1S/C17H29N3S/c1-13-11-21-15(19-13)10-20-9-14(16(2,3)4)18-12-17(20)7-5-6-8-17/h11,14,18H,5-10,12H2,1-4H3. The lowest BCUT2D eigenvalue weighted by atomic mass is 9.81. The van der Waals surface area contributed by atoms with Gasteiger partial charge < -0.3 is 5.32 Å². The molecule has 0 radical (unpaired) electrons. The van der Waals surface area contributed by atoms with E-state index in [9.17, 15) is 0 Å².